The quantitative estimate of drug-likeness (QED) is 0.760. The van der Waals surface area contributed by atoms with Crippen LogP contribution in [0.5, 0.6) is 0 Å². The molecule has 2 atom stereocenters. The zero-order valence-corrected chi connectivity index (χ0v) is 14.6. The molecule has 3 aromatic rings. The van der Waals surface area contributed by atoms with Gasteiger partial charge in [-0.25, -0.2) is 4.39 Å². The van der Waals surface area contributed by atoms with Crippen LogP contribution < -0.4 is 0 Å². The number of amides is 1. The Morgan fingerprint density at radius 2 is 1.85 bits per heavy atom. The minimum absolute atomic E-state index is 0.177. The first-order valence-electron chi connectivity index (χ1n) is 8.29. The molecule has 0 radical (unpaired) electrons. The van der Waals surface area contributed by atoms with Gasteiger partial charge in [0, 0.05) is 23.7 Å². The first kappa shape index (κ1) is 16.7. The topological polar surface area (TPSA) is 57.6 Å². The molecule has 0 unspecified atom stereocenters. The van der Waals surface area contributed by atoms with E-state index in [9.17, 15) is 19.1 Å². The molecule has 1 aromatic heterocycles. The Morgan fingerprint density at radius 1 is 1.08 bits per heavy atom. The Balaban J connectivity index is 1.62. The molecular formula is C20H16FNO3S. The average molecular weight is 369 g/mol. The summed E-state index contributed by atoms with van der Waals surface area (Å²) >= 11 is 1.30. The van der Waals surface area contributed by atoms with Crippen molar-refractivity contribution in [3.8, 4) is 0 Å². The third-order valence-corrected chi connectivity index (χ3v) is 5.95. The minimum atomic E-state index is -0.896. The van der Waals surface area contributed by atoms with Crippen LogP contribution in [0.15, 0.2) is 54.6 Å². The highest BCUT2D eigenvalue weighted by Crippen LogP contribution is 2.35. The number of halogens is 1. The summed E-state index contributed by atoms with van der Waals surface area (Å²) in [4.78, 5) is 26.7. The Bertz CT molecular complexity index is 985. The van der Waals surface area contributed by atoms with Gasteiger partial charge in [0.2, 0.25) is 0 Å². The maximum atomic E-state index is 13.4. The van der Waals surface area contributed by atoms with Crippen LogP contribution in [0.3, 0.4) is 0 Å². The maximum absolute atomic E-state index is 13.4. The fourth-order valence-corrected chi connectivity index (χ4v) is 4.54. The van der Waals surface area contributed by atoms with Gasteiger partial charge in [0.15, 0.2) is 0 Å². The molecule has 1 saturated heterocycles. The molecule has 1 fully saturated rings. The minimum Gasteiger partial charge on any atom is -0.481 e. The van der Waals surface area contributed by atoms with Crippen molar-refractivity contribution in [2.45, 2.75) is 5.92 Å². The lowest BCUT2D eigenvalue weighted by atomic mass is 9.89. The second kappa shape index (κ2) is 6.53. The van der Waals surface area contributed by atoms with Crippen molar-refractivity contribution in [2.24, 2.45) is 5.92 Å². The maximum Gasteiger partial charge on any atom is 0.308 e. The van der Waals surface area contributed by atoms with E-state index in [0.717, 1.165) is 10.3 Å². The summed E-state index contributed by atoms with van der Waals surface area (Å²) < 4.78 is 14.2. The van der Waals surface area contributed by atoms with E-state index in [4.69, 9.17) is 0 Å². The summed E-state index contributed by atoms with van der Waals surface area (Å²) in [6.45, 7) is 0.540. The van der Waals surface area contributed by atoms with Crippen LogP contribution >= 0.6 is 11.3 Å². The highest BCUT2D eigenvalue weighted by molar-refractivity contribution is 7.20. The number of hydrogen-bond acceptors (Lipinski definition) is 3. The van der Waals surface area contributed by atoms with Crippen molar-refractivity contribution < 1.29 is 19.1 Å². The van der Waals surface area contributed by atoms with E-state index in [-0.39, 0.29) is 24.2 Å². The van der Waals surface area contributed by atoms with Gasteiger partial charge in [-0.05, 0) is 35.2 Å². The number of carboxylic acids is 1. The fraction of sp³-hybridized carbons (Fsp3) is 0.200. The molecule has 26 heavy (non-hydrogen) atoms. The first-order valence-corrected chi connectivity index (χ1v) is 9.10. The number of carbonyl (C=O) groups excluding carboxylic acids is 1. The lowest BCUT2D eigenvalue weighted by Gasteiger charge is -2.15. The molecular weight excluding hydrogens is 353 g/mol. The summed E-state index contributed by atoms with van der Waals surface area (Å²) in [5.74, 6) is -2.30. The van der Waals surface area contributed by atoms with Crippen molar-refractivity contribution in [1.29, 1.82) is 0 Å². The summed E-state index contributed by atoms with van der Waals surface area (Å²) in [6.07, 6.45) is 0. The molecule has 0 saturated carbocycles. The standard InChI is InChI=1S/C20H16FNO3S/c21-14-6-7-17-13(8-14)9-18(26-17)19(23)22-10-15(16(11-22)20(24)25)12-4-2-1-3-5-12/h1-9,15-16H,10-11H2,(H,24,25)/t15-,16+/m0/s1. The lowest BCUT2D eigenvalue weighted by molar-refractivity contribution is -0.141. The van der Waals surface area contributed by atoms with E-state index in [1.807, 2.05) is 30.3 Å². The number of likely N-dealkylation sites (tertiary alicyclic amines) is 1. The highest BCUT2D eigenvalue weighted by atomic mass is 32.1. The van der Waals surface area contributed by atoms with Gasteiger partial charge in [-0.3, -0.25) is 9.59 Å². The Morgan fingerprint density at radius 3 is 2.58 bits per heavy atom. The summed E-state index contributed by atoms with van der Waals surface area (Å²) in [7, 11) is 0. The van der Waals surface area contributed by atoms with E-state index in [1.165, 1.54) is 23.5 Å². The predicted molar refractivity (Wildman–Crippen MR) is 98.0 cm³/mol. The van der Waals surface area contributed by atoms with Crippen LogP contribution in [0.2, 0.25) is 0 Å². The lowest BCUT2D eigenvalue weighted by Crippen LogP contribution is -2.29. The summed E-state index contributed by atoms with van der Waals surface area (Å²) in [5.41, 5.74) is 0.925. The number of rotatable bonds is 3. The van der Waals surface area contributed by atoms with Crippen molar-refractivity contribution in [1.82, 2.24) is 4.90 Å². The average Bonchev–Trinajstić information content (AvgIpc) is 3.26. The highest BCUT2D eigenvalue weighted by Gasteiger charge is 2.40. The molecule has 0 bridgehead atoms. The van der Waals surface area contributed by atoms with E-state index in [1.54, 1.807) is 17.0 Å². The zero-order chi connectivity index (χ0) is 18.3. The van der Waals surface area contributed by atoms with Gasteiger partial charge in [0.25, 0.3) is 5.91 Å². The van der Waals surface area contributed by atoms with Gasteiger partial charge < -0.3 is 10.0 Å². The van der Waals surface area contributed by atoms with Crippen molar-refractivity contribution >= 4 is 33.3 Å². The van der Waals surface area contributed by atoms with E-state index < -0.39 is 11.9 Å². The van der Waals surface area contributed by atoms with Crippen LogP contribution in [0.4, 0.5) is 4.39 Å². The van der Waals surface area contributed by atoms with E-state index >= 15 is 0 Å². The Hall–Kier alpha value is -2.73. The van der Waals surface area contributed by atoms with Gasteiger partial charge >= 0.3 is 5.97 Å². The number of fused-ring (bicyclic) bond motifs is 1. The van der Waals surface area contributed by atoms with Crippen molar-refractivity contribution in [3.63, 3.8) is 0 Å². The fourth-order valence-electron chi connectivity index (χ4n) is 3.53. The van der Waals surface area contributed by atoms with Crippen molar-refractivity contribution in [3.05, 3.63) is 70.9 Å². The number of aliphatic carboxylic acids is 1. The zero-order valence-electron chi connectivity index (χ0n) is 13.8. The molecule has 132 valence electrons. The molecule has 4 rings (SSSR count). The van der Waals surface area contributed by atoms with Crippen LogP contribution in [-0.2, 0) is 4.79 Å². The van der Waals surface area contributed by atoms with Crippen LogP contribution in [0.1, 0.15) is 21.2 Å². The first-order chi connectivity index (χ1) is 12.5. The third kappa shape index (κ3) is 2.97. The molecule has 1 aliphatic rings. The molecule has 2 aromatic carbocycles. The molecule has 1 N–H and O–H groups in total. The van der Waals surface area contributed by atoms with E-state index in [0.29, 0.717) is 16.8 Å². The summed E-state index contributed by atoms with van der Waals surface area (Å²) in [5, 5.41) is 10.3. The van der Waals surface area contributed by atoms with E-state index in [2.05, 4.69) is 0 Å². The van der Waals surface area contributed by atoms with Gasteiger partial charge in [-0.15, -0.1) is 11.3 Å². The number of carboxylic acid groups (broad SMARTS) is 1. The second-order valence-corrected chi connectivity index (χ2v) is 7.55. The third-order valence-electron chi connectivity index (χ3n) is 4.84. The van der Waals surface area contributed by atoms with Gasteiger partial charge in [-0.1, -0.05) is 30.3 Å². The molecule has 0 spiro atoms. The number of thiophene rings is 1. The predicted octanol–water partition coefficient (Wildman–Crippen LogP) is 3.98. The molecule has 2 heterocycles. The van der Waals surface area contributed by atoms with Gasteiger partial charge in [0.05, 0.1) is 10.8 Å². The van der Waals surface area contributed by atoms with Crippen molar-refractivity contribution in [2.75, 3.05) is 13.1 Å². The number of carbonyl (C=O) groups is 2. The number of hydrogen-bond donors (Lipinski definition) is 1. The molecule has 6 heteroatoms. The van der Waals surface area contributed by atoms with Crippen LogP contribution in [0.25, 0.3) is 10.1 Å². The second-order valence-electron chi connectivity index (χ2n) is 6.46. The largest absolute Gasteiger partial charge is 0.481 e. The monoisotopic (exact) mass is 369 g/mol. The number of benzene rings is 2. The normalized spacial score (nSPS) is 19.8. The van der Waals surface area contributed by atoms with Gasteiger partial charge in [-0.2, -0.15) is 0 Å². The Labute approximate surface area is 153 Å². The van der Waals surface area contributed by atoms with Crippen LogP contribution in [0, 0.1) is 11.7 Å². The summed E-state index contributed by atoms with van der Waals surface area (Å²) in [6, 6.07) is 15.5. The Kier molecular flexibility index (Phi) is 4.20. The molecule has 1 amide bonds. The smallest absolute Gasteiger partial charge is 0.308 e. The molecule has 0 aliphatic carbocycles. The molecule has 1 aliphatic heterocycles. The molecule has 4 nitrogen and oxygen atoms in total. The van der Waals surface area contributed by atoms with Crippen LogP contribution in [-0.4, -0.2) is 35.0 Å². The van der Waals surface area contributed by atoms with Gasteiger partial charge in [0.1, 0.15) is 5.82 Å². The number of nitrogens with zero attached hydrogens (tertiary/aromatic N) is 1. The SMILES string of the molecule is O=C(O)[C@@H]1CN(C(=O)c2cc3cc(F)ccc3s2)C[C@H]1c1ccccc1.